The number of rotatable bonds is 8. The number of amides is 2. The van der Waals surface area contributed by atoms with Crippen LogP contribution in [0.2, 0.25) is 5.02 Å². The Labute approximate surface area is 174 Å². The van der Waals surface area contributed by atoms with Crippen LogP contribution in [0.5, 0.6) is 11.5 Å². The van der Waals surface area contributed by atoms with Crippen LogP contribution in [0.15, 0.2) is 54.6 Å². The smallest absolute Gasteiger partial charge is 0.260 e. The number of benzene rings is 2. The first-order valence-corrected chi connectivity index (χ1v) is 9.60. The Morgan fingerprint density at radius 1 is 1.07 bits per heavy atom. The second-order valence-electron chi connectivity index (χ2n) is 6.83. The molecule has 0 bridgehead atoms. The van der Waals surface area contributed by atoms with Gasteiger partial charge in [0.25, 0.3) is 5.91 Å². The average molecular weight is 419 g/mol. The highest BCUT2D eigenvalue weighted by molar-refractivity contribution is 6.30. The summed E-state index contributed by atoms with van der Waals surface area (Å²) in [6, 6.07) is 16.0. The summed E-state index contributed by atoms with van der Waals surface area (Å²) in [6.07, 6.45) is -0.0656. The zero-order chi connectivity index (χ0) is 20.7. The SMILES string of the molecule is NC(=O)C[C@@]1(COc2ccc(Cl)cc2)CN(C(=O)COc2ccccc2)CCO1. The Bertz CT molecular complexity index is 831. The van der Waals surface area contributed by atoms with Gasteiger partial charge in [0.15, 0.2) is 6.61 Å². The van der Waals surface area contributed by atoms with Crippen LogP contribution in [0.3, 0.4) is 0 Å². The first-order chi connectivity index (χ1) is 14.0. The van der Waals surface area contributed by atoms with E-state index in [-0.39, 0.29) is 38.7 Å². The molecule has 3 rings (SSSR count). The van der Waals surface area contributed by atoms with E-state index in [1.54, 1.807) is 41.3 Å². The molecule has 0 aliphatic carbocycles. The number of hydrogen-bond acceptors (Lipinski definition) is 5. The highest BCUT2D eigenvalue weighted by atomic mass is 35.5. The molecule has 2 aromatic carbocycles. The molecule has 1 saturated heterocycles. The number of para-hydroxylation sites is 1. The van der Waals surface area contributed by atoms with Gasteiger partial charge in [-0.3, -0.25) is 9.59 Å². The molecule has 1 aliphatic rings. The zero-order valence-corrected chi connectivity index (χ0v) is 16.6. The predicted molar refractivity (Wildman–Crippen MR) is 108 cm³/mol. The lowest BCUT2D eigenvalue weighted by molar-refractivity contribution is -0.163. The van der Waals surface area contributed by atoms with Crippen molar-refractivity contribution in [3.63, 3.8) is 0 Å². The minimum absolute atomic E-state index is 0.0656. The van der Waals surface area contributed by atoms with E-state index in [9.17, 15) is 9.59 Å². The number of morpholine rings is 1. The number of ether oxygens (including phenoxy) is 3. The van der Waals surface area contributed by atoms with E-state index in [0.29, 0.717) is 23.1 Å². The summed E-state index contributed by atoms with van der Waals surface area (Å²) in [7, 11) is 0. The molecule has 2 N–H and O–H groups in total. The van der Waals surface area contributed by atoms with Crippen LogP contribution in [-0.2, 0) is 14.3 Å². The van der Waals surface area contributed by atoms with Crippen molar-refractivity contribution in [1.82, 2.24) is 4.90 Å². The van der Waals surface area contributed by atoms with Crippen LogP contribution in [0, 0.1) is 0 Å². The Balaban J connectivity index is 1.63. The summed E-state index contributed by atoms with van der Waals surface area (Å²) in [4.78, 5) is 25.9. The predicted octanol–water partition coefficient (Wildman–Crippen LogP) is 2.27. The number of nitrogens with zero attached hydrogens (tertiary/aromatic N) is 1. The first-order valence-electron chi connectivity index (χ1n) is 9.22. The second-order valence-corrected chi connectivity index (χ2v) is 7.27. The largest absolute Gasteiger partial charge is 0.490 e. The molecule has 2 aromatic rings. The van der Waals surface area contributed by atoms with Crippen LogP contribution in [0.1, 0.15) is 6.42 Å². The van der Waals surface area contributed by atoms with E-state index in [0.717, 1.165) is 0 Å². The van der Waals surface area contributed by atoms with E-state index in [1.807, 2.05) is 18.2 Å². The van der Waals surface area contributed by atoms with Gasteiger partial charge in [0.05, 0.1) is 19.6 Å². The quantitative estimate of drug-likeness (QED) is 0.710. The van der Waals surface area contributed by atoms with Gasteiger partial charge < -0.3 is 24.8 Å². The van der Waals surface area contributed by atoms with Gasteiger partial charge in [0.1, 0.15) is 23.7 Å². The number of nitrogens with two attached hydrogens (primary N) is 1. The number of carbonyl (C=O) groups excluding carboxylic acids is 2. The Morgan fingerprint density at radius 3 is 2.45 bits per heavy atom. The van der Waals surface area contributed by atoms with Gasteiger partial charge in [-0.05, 0) is 36.4 Å². The summed E-state index contributed by atoms with van der Waals surface area (Å²) in [5, 5.41) is 0.591. The third-order valence-electron chi connectivity index (χ3n) is 4.52. The summed E-state index contributed by atoms with van der Waals surface area (Å²) in [5.41, 5.74) is 4.41. The minimum Gasteiger partial charge on any atom is -0.490 e. The molecule has 1 atom stereocenters. The average Bonchev–Trinajstić information content (AvgIpc) is 2.72. The van der Waals surface area contributed by atoms with Gasteiger partial charge in [-0.2, -0.15) is 0 Å². The Hall–Kier alpha value is -2.77. The monoisotopic (exact) mass is 418 g/mol. The van der Waals surface area contributed by atoms with Gasteiger partial charge in [0, 0.05) is 11.6 Å². The molecule has 154 valence electrons. The topological polar surface area (TPSA) is 91.1 Å². The molecule has 0 unspecified atom stereocenters. The molecule has 0 aromatic heterocycles. The fourth-order valence-corrected chi connectivity index (χ4v) is 3.25. The van der Waals surface area contributed by atoms with Crippen molar-refractivity contribution in [1.29, 1.82) is 0 Å². The number of halogens is 1. The molecule has 2 amide bonds. The van der Waals surface area contributed by atoms with Crippen LogP contribution in [0.4, 0.5) is 0 Å². The third-order valence-corrected chi connectivity index (χ3v) is 4.77. The normalized spacial score (nSPS) is 18.9. The van der Waals surface area contributed by atoms with Gasteiger partial charge in [0.2, 0.25) is 5.91 Å². The van der Waals surface area contributed by atoms with Gasteiger partial charge in [-0.25, -0.2) is 0 Å². The van der Waals surface area contributed by atoms with Gasteiger partial charge >= 0.3 is 0 Å². The van der Waals surface area contributed by atoms with Crippen molar-refractivity contribution in [2.24, 2.45) is 5.73 Å². The standard InChI is InChI=1S/C21H23ClN2O5/c22-16-6-8-18(9-7-16)28-15-21(12-19(23)25)14-24(10-11-29-21)20(26)13-27-17-4-2-1-3-5-17/h1-9H,10-15H2,(H2,23,25)/t21-/m0/s1. The molecule has 1 aliphatic heterocycles. The lowest BCUT2D eigenvalue weighted by Gasteiger charge is -2.41. The molecule has 0 radical (unpaired) electrons. The van der Waals surface area contributed by atoms with E-state index in [1.165, 1.54) is 0 Å². The molecule has 8 heteroatoms. The van der Waals surface area contributed by atoms with Crippen molar-refractivity contribution < 1.29 is 23.8 Å². The molecule has 0 spiro atoms. The molecule has 29 heavy (non-hydrogen) atoms. The number of carbonyl (C=O) groups is 2. The highest BCUT2D eigenvalue weighted by Gasteiger charge is 2.41. The molecular formula is C21H23ClN2O5. The summed E-state index contributed by atoms with van der Waals surface area (Å²) < 4.78 is 17.2. The molecule has 0 saturated carbocycles. The van der Waals surface area contributed by atoms with Crippen LogP contribution >= 0.6 is 11.6 Å². The maximum Gasteiger partial charge on any atom is 0.260 e. The maximum atomic E-state index is 12.6. The fraction of sp³-hybridized carbons (Fsp3) is 0.333. The lowest BCUT2D eigenvalue weighted by Crippen LogP contribution is -2.58. The van der Waals surface area contributed by atoms with E-state index in [2.05, 4.69) is 0 Å². The summed E-state index contributed by atoms with van der Waals surface area (Å²) in [5.74, 6) is 0.471. The zero-order valence-electron chi connectivity index (χ0n) is 15.9. The second kappa shape index (κ2) is 9.62. The van der Waals surface area contributed by atoms with E-state index in [4.69, 9.17) is 31.5 Å². The number of primary amides is 1. The highest BCUT2D eigenvalue weighted by Crippen LogP contribution is 2.25. The lowest BCUT2D eigenvalue weighted by atomic mass is 9.97. The van der Waals surface area contributed by atoms with Crippen molar-refractivity contribution in [2.45, 2.75) is 12.0 Å². The fourth-order valence-electron chi connectivity index (χ4n) is 3.12. The Morgan fingerprint density at radius 2 is 1.76 bits per heavy atom. The van der Waals surface area contributed by atoms with Crippen molar-refractivity contribution in [3.05, 3.63) is 59.6 Å². The van der Waals surface area contributed by atoms with Crippen LogP contribution in [-0.4, -0.2) is 55.2 Å². The molecule has 1 heterocycles. The van der Waals surface area contributed by atoms with Gasteiger partial charge in [-0.15, -0.1) is 0 Å². The van der Waals surface area contributed by atoms with E-state index < -0.39 is 11.5 Å². The molecule has 1 fully saturated rings. The third kappa shape index (κ3) is 6.10. The molecule has 7 nitrogen and oxygen atoms in total. The van der Waals surface area contributed by atoms with Crippen molar-refractivity contribution >= 4 is 23.4 Å². The van der Waals surface area contributed by atoms with Crippen molar-refractivity contribution in [3.8, 4) is 11.5 Å². The van der Waals surface area contributed by atoms with Gasteiger partial charge in [-0.1, -0.05) is 29.8 Å². The Kier molecular flexibility index (Phi) is 6.95. The maximum absolute atomic E-state index is 12.6. The minimum atomic E-state index is -1.02. The van der Waals surface area contributed by atoms with Crippen molar-refractivity contribution in [2.75, 3.05) is 32.9 Å². The van der Waals surface area contributed by atoms with E-state index >= 15 is 0 Å². The van der Waals surface area contributed by atoms with Crippen LogP contribution in [0.25, 0.3) is 0 Å². The van der Waals surface area contributed by atoms with Crippen LogP contribution < -0.4 is 15.2 Å². The summed E-state index contributed by atoms with van der Waals surface area (Å²) >= 11 is 5.89. The first kappa shape index (κ1) is 21.0. The summed E-state index contributed by atoms with van der Waals surface area (Å²) in [6.45, 7) is 0.822. The molecular weight excluding hydrogens is 396 g/mol. The number of hydrogen-bond donors (Lipinski definition) is 1.